The maximum Gasteiger partial charge on any atom is 0.0275 e. The lowest BCUT2D eigenvalue weighted by molar-refractivity contribution is 0.0192. The van der Waals surface area contributed by atoms with Gasteiger partial charge in [-0.25, -0.2) is 0 Å². The Bertz CT molecular complexity index is 287. The molecule has 0 amide bonds. The highest BCUT2D eigenvalue weighted by Gasteiger charge is 2.39. The highest BCUT2D eigenvalue weighted by molar-refractivity contribution is 4.95. The van der Waals surface area contributed by atoms with Crippen LogP contribution in [0.1, 0.15) is 60.3 Å². The maximum atomic E-state index is 3.86. The first-order valence-corrected chi connectivity index (χ1v) is 9.00. The molecule has 1 heterocycles. The molecule has 0 aromatic heterocycles. The van der Waals surface area contributed by atoms with Crippen molar-refractivity contribution in [3.63, 3.8) is 0 Å². The smallest absolute Gasteiger partial charge is 0.0275 e. The second-order valence-electron chi connectivity index (χ2n) is 7.84. The van der Waals surface area contributed by atoms with Crippen LogP contribution in [0.15, 0.2) is 0 Å². The van der Waals surface area contributed by atoms with Crippen molar-refractivity contribution in [2.24, 2.45) is 23.7 Å². The van der Waals surface area contributed by atoms with E-state index in [-0.39, 0.29) is 0 Å². The molecule has 2 aliphatic rings. The molecule has 1 aliphatic heterocycles. The van der Waals surface area contributed by atoms with Crippen molar-refractivity contribution >= 4 is 0 Å². The zero-order chi connectivity index (χ0) is 14.7. The molecule has 0 bridgehead atoms. The van der Waals surface area contributed by atoms with E-state index in [1.807, 2.05) is 0 Å². The zero-order valence-corrected chi connectivity index (χ0v) is 14.4. The van der Waals surface area contributed by atoms with Crippen LogP contribution in [-0.2, 0) is 0 Å². The number of hydrogen-bond acceptors (Lipinski definition) is 2. The van der Waals surface area contributed by atoms with Crippen molar-refractivity contribution in [3.8, 4) is 0 Å². The third kappa shape index (κ3) is 3.76. The van der Waals surface area contributed by atoms with Crippen LogP contribution in [0.4, 0.5) is 0 Å². The molecular formula is C18H36N2. The SMILES string of the molecule is CCCNC1CC(C)CC(C)C1N1CCC(C)C(C)C1. The van der Waals surface area contributed by atoms with Crippen molar-refractivity contribution in [2.75, 3.05) is 19.6 Å². The van der Waals surface area contributed by atoms with Crippen LogP contribution in [-0.4, -0.2) is 36.6 Å². The van der Waals surface area contributed by atoms with Gasteiger partial charge in [0.1, 0.15) is 0 Å². The van der Waals surface area contributed by atoms with Gasteiger partial charge in [0.2, 0.25) is 0 Å². The molecule has 0 aromatic rings. The summed E-state index contributed by atoms with van der Waals surface area (Å²) < 4.78 is 0. The molecule has 1 N–H and O–H groups in total. The van der Waals surface area contributed by atoms with E-state index in [0.717, 1.165) is 29.7 Å². The van der Waals surface area contributed by atoms with Crippen LogP contribution in [0.3, 0.4) is 0 Å². The minimum absolute atomic E-state index is 0.717. The van der Waals surface area contributed by atoms with E-state index in [0.29, 0.717) is 6.04 Å². The first-order valence-electron chi connectivity index (χ1n) is 9.00. The van der Waals surface area contributed by atoms with E-state index in [1.54, 1.807) is 0 Å². The summed E-state index contributed by atoms with van der Waals surface area (Å²) in [7, 11) is 0. The highest BCUT2D eigenvalue weighted by atomic mass is 15.2. The Morgan fingerprint density at radius 1 is 1.00 bits per heavy atom. The van der Waals surface area contributed by atoms with Gasteiger partial charge in [0.05, 0.1) is 0 Å². The zero-order valence-electron chi connectivity index (χ0n) is 14.4. The minimum Gasteiger partial charge on any atom is -0.312 e. The van der Waals surface area contributed by atoms with Gasteiger partial charge in [-0.05, 0) is 62.4 Å². The Hall–Kier alpha value is -0.0800. The molecule has 118 valence electrons. The molecule has 1 saturated heterocycles. The van der Waals surface area contributed by atoms with E-state index in [9.17, 15) is 0 Å². The van der Waals surface area contributed by atoms with E-state index < -0.39 is 0 Å². The first-order chi connectivity index (χ1) is 9.52. The number of piperidine rings is 1. The molecule has 2 rings (SSSR count). The molecular weight excluding hydrogens is 244 g/mol. The quantitative estimate of drug-likeness (QED) is 0.843. The molecule has 0 spiro atoms. The predicted octanol–water partition coefficient (Wildman–Crippen LogP) is 3.77. The summed E-state index contributed by atoms with van der Waals surface area (Å²) in [5, 5.41) is 3.86. The lowest BCUT2D eigenvalue weighted by Gasteiger charge is -2.49. The van der Waals surface area contributed by atoms with Gasteiger partial charge < -0.3 is 5.32 Å². The average Bonchev–Trinajstić information content (AvgIpc) is 2.39. The van der Waals surface area contributed by atoms with E-state index >= 15 is 0 Å². The molecule has 2 fully saturated rings. The largest absolute Gasteiger partial charge is 0.312 e. The van der Waals surface area contributed by atoms with Gasteiger partial charge in [-0.15, -0.1) is 0 Å². The second-order valence-corrected chi connectivity index (χ2v) is 7.84. The standard InChI is InChI=1S/C18H36N2/c1-6-8-19-17-11-13(2)10-15(4)18(17)20-9-7-14(3)16(5)12-20/h13-19H,6-12H2,1-5H3. The van der Waals surface area contributed by atoms with Crippen molar-refractivity contribution in [1.82, 2.24) is 10.2 Å². The molecule has 6 atom stereocenters. The van der Waals surface area contributed by atoms with Gasteiger partial charge >= 0.3 is 0 Å². The fourth-order valence-electron chi connectivity index (χ4n) is 4.55. The van der Waals surface area contributed by atoms with Gasteiger partial charge in [0, 0.05) is 18.6 Å². The molecule has 1 aliphatic carbocycles. The Balaban J connectivity index is 2.04. The highest BCUT2D eigenvalue weighted by Crippen LogP contribution is 2.35. The molecule has 2 heteroatoms. The van der Waals surface area contributed by atoms with Crippen molar-refractivity contribution < 1.29 is 0 Å². The van der Waals surface area contributed by atoms with E-state index in [1.165, 1.54) is 45.3 Å². The second kappa shape index (κ2) is 7.26. The Morgan fingerprint density at radius 3 is 2.40 bits per heavy atom. The summed E-state index contributed by atoms with van der Waals surface area (Å²) in [4.78, 5) is 2.83. The monoisotopic (exact) mass is 280 g/mol. The van der Waals surface area contributed by atoms with Crippen LogP contribution in [0, 0.1) is 23.7 Å². The fourth-order valence-corrected chi connectivity index (χ4v) is 4.55. The molecule has 0 aromatic carbocycles. The lowest BCUT2D eigenvalue weighted by atomic mass is 9.74. The van der Waals surface area contributed by atoms with Gasteiger partial charge in [-0.1, -0.05) is 34.6 Å². The molecule has 0 radical (unpaired) electrons. The summed E-state index contributed by atoms with van der Waals surface area (Å²) in [6.45, 7) is 15.9. The topological polar surface area (TPSA) is 15.3 Å². The lowest BCUT2D eigenvalue weighted by Crippen LogP contribution is -2.59. The van der Waals surface area contributed by atoms with E-state index in [2.05, 4.69) is 44.8 Å². The Morgan fingerprint density at radius 2 is 1.75 bits per heavy atom. The third-order valence-corrected chi connectivity index (χ3v) is 5.87. The normalized spacial score (nSPS) is 43.6. The van der Waals surface area contributed by atoms with Gasteiger partial charge in [-0.3, -0.25) is 4.90 Å². The number of hydrogen-bond donors (Lipinski definition) is 1. The van der Waals surface area contributed by atoms with Crippen LogP contribution >= 0.6 is 0 Å². The van der Waals surface area contributed by atoms with Crippen molar-refractivity contribution in [2.45, 2.75) is 72.4 Å². The van der Waals surface area contributed by atoms with Crippen LogP contribution in [0.2, 0.25) is 0 Å². The maximum absolute atomic E-state index is 3.86. The van der Waals surface area contributed by atoms with Crippen LogP contribution in [0.25, 0.3) is 0 Å². The average molecular weight is 281 g/mol. The molecule has 20 heavy (non-hydrogen) atoms. The summed E-state index contributed by atoms with van der Waals surface area (Å²) in [5.41, 5.74) is 0. The van der Waals surface area contributed by atoms with E-state index in [4.69, 9.17) is 0 Å². The van der Waals surface area contributed by atoms with Gasteiger partial charge in [-0.2, -0.15) is 0 Å². The molecule has 1 saturated carbocycles. The van der Waals surface area contributed by atoms with Crippen molar-refractivity contribution in [3.05, 3.63) is 0 Å². The summed E-state index contributed by atoms with van der Waals surface area (Å²) in [6, 6.07) is 1.49. The minimum atomic E-state index is 0.717. The summed E-state index contributed by atoms with van der Waals surface area (Å²) >= 11 is 0. The van der Waals surface area contributed by atoms with Crippen LogP contribution < -0.4 is 5.32 Å². The first kappa shape index (κ1) is 16.3. The number of rotatable bonds is 4. The van der Waals surface area contributed by atoms with Gasteiger partial charge in [0.25, 0.3) is 0 Å². The number of likely N-dealkylation sites (tertiary alicyclic amines) is 1. The molecule has 6 unspecified atom stereocenters. The molecule has 2 nitrogen and oxygen atoms in total. The third-order valence-electron chi connectivity index (χ3n) is 5.87. The fraction of sp³-hybridized carbons (Fsp3) is 1.00. The summed E-state index contributed by atoms with van der Waals surface area (Å²) in [6.07, 6.45) is 5.42. The predicted molar refractivity (Wildman–Crippen MR) is 87.9 cm³/mol. The van der Waals surface area contributed by atoms with Crippen LogP contribution in [0.5, 0.6) is 0 Å². The number of nitrogens with zero attached hydrogens (tertiary/aromatic N) is 1. The Kier molecular flexibility index (Phi) is 5.92. The van der Waals surface area contributed by atoms with Gasteiger partial charge in [0.15, 0.2) is 0 Å². The Labute approximate surface area is 126 Å². The number of nitrogens with one attached hydrogen (secondary N) is 1. The van der Waals surface area contributed by atoms with Crippen molar-refractivity contribution in [1.29, 1.82) is 0 Å². The summed E-state index contributed by atoms with van der Waals surface area (Å²) in [5.74, 6) is 3.50.